The number of hydrogen-bond donors (Lipinski definition) is 1. The largest absolute Gasteiger partial charge is 0.390 e. The third kappa shape index (κ3) is 4.17. The highest BCUT2D eigenvalue weighted by Crippen LogP contribution is 2.20. The third-order valence-corrected chi connectivity index (χ3v) is 4.18. The average molecular weight is 305 g/mol. The Morgan fingerprint density at radius 3 is 2.35 bits per heavy atom. The molecule has 2 nitrogen and oxygen atoms in total. The number of aromatic nitrogens is 1. The van der Waals surface area contributed by atoms with Gasteiger partial charge in [0.1, 0.15) is 0 Å². The van der Waals surface area contributed by atoms with E-state index in [1.165, 1.54) is 21.9 Å². The van der Waals surface area contributed by atoms with E-state index < -0.39 is 5.60 Å². The van der Waals surface area contributed by atoms with Crippen molar-refractivity contribution in [2.45, 2.75) is 38.7 Å². The van der Waals surface area contributed by atoms with Crippen LogP contribution in [0.1, 0.15) is 37.1 Å². The van der Waals surface area contributed by atoms with Crippen molar-refractivity contribution < 1.29 is 5.11 Å². The van der Waals surface area contributed by atoms with Crippen molar-refractivity contribution in [3.05, 3.63) is 77.6 Å². The zero-order valence-corrected chi connectivity index (χ0v) is 13.8. The summed E-state index contributed by atoms with van der Waals surface area (Å²) in [4.78, 5) is 4.56. The molecule has 1 heterocycles. The van der Waals surface area contributed by atoms with E-state index in [0.717, 1.165) is 25.0 Å². The van der Waals surface area contributed by atoms with Gasteiger partial charge in [0.05, 0.1) is 11.3 Å². The highest BCUT2D eigenvalue weighted by atomic mass is 16.3. The summed E-state index contributed by atoms with van der Waals surface area (Å²) in [6, 6.07) is 19.1. The molecular formula is C21H23NO. The maximum Gasteiger partial charge on any atom is 0.0594 e. The lowest BCUT2D eigenvalue weighted by Gasteiger charge is -2.16. The summed E-state index contributed by atoms with van der Waals surface area (Å²) in [6.45, 7) is 3.71. The lowest BCUT2D eigenvalue weighted by molar-refractivity contribution is 0.0714. The minimum absolute atomic E-state index is 0.606. The zero-order valence-electron chi connectivity index (χ0n) is 13.8. The van der Waals surface area contributed by atoms with Gasteiger partial charge in [-0.25, -0.2) is 0 Å². The first-order valence-corrected chi connectivity index (χ1v) is 8.14. The van der Waals surface area contributed by atoms with Gasteiger partial charge < -0.3 is 5.11 Å². The van der Waals surface area contributed by atoms with Crippen LogP contribution in [-0.4, -0.2) is 15.7 Å². The van der Waals surface area contributed by atoms with Crippen molar-refractivity contribution in [1.29, 1.82) is 0 Å². The molecule has 0 fully saturated rings. The van der Waals surface area contributed by atoms with Gasteiger partial charge in [-0.3, -0.25) is 4.98 Å². The molecular weight excluding hydrogens is 282 g/mol. The van der Waals surface area contributed by atoms with E-state index in [4.69, 9.17) is 0 Å². The SMILES string of the molecule is CC(C)(O)CCc1ccc(Cc2nccc3ccccc23)cc1. The van der Waals surface area contributed by atoms with E-state index in [0.29, 0.717) is 0 Å². The van der Waals surface area contributed by atoms with Crippen LogP contribution in [0.5, 0.6) is 0 Å². The summed E-state index contributed by atoms with van der Waals surface area (Å²) in [6.07, 6.45) is 4.40. The smallest absolute Gasteiger partial charge is 0.0594 e. The Hall–Kier alpha value is -2.19. The van der Waals surface area contributed by atoms with E-state index in [1.54, 1.807) is 0 Å². The van der Waals surface area contributed by atoms with Gasteiger partial charge in [-0.2, -0.15) is 0 Å². The minimum atomic E-state index is -0.606. The number of benzene rings is 2. The van der Waals surface area contributed by atoms with Crippen LogP contribution in [0.15, 0.2) is 60.8 Å². The van der Waals surface area contributed by atoms with Crippen molar-refractivity contribution in [3.63, 3.8) is 0 Å². The molecule has 3 rings (SSSR count). The third-order valence-electron chi connectivity index (χ3n) is 4.18. The first-order chi connectivity index (χ1) is 11.0. The second kappa shape index (κ2) is 6.51. The normalized spacial score (nSPS) is 11.8. The number of fused-ring (bicyclic) bond motifs is 1. The van der Waals surface area contributed by atoms with Crippen LogP contribution in [0.2, 0.25) is 0 Å². The van der Waals surface area contributed by atoms with Gasteiger partial charge >= 0.3 is 0 Å². The fourth-order valence-corrected chi connectivity index (χ4v) is 2.79. The van der Waals surface area contributed by atoms with Crippen LogP contribution in [0.25, 0.3) is 10.8 Å². The van der Waals surface area contributed by atoms with Crippen molar-refractivity contribution in [3.8, 4) is 0 Å². The predicted molar refractivity (Wildman–Crippen MR) is 95.6 cm³/mol. The molecule has 0 bridgehead atoms. The van der Waals surface area contributed by atoms with E-state index in [9.17, 15) is 5.11 Å². The molecule has 3 aromatic rings. The number of hydrogen-bond acceptors (Lipinski definition) is 2. The fourth-order valence-electron chi connectivity index (χ4n) is 2.79. The van der Waals surface area contributed by atoms with Crippen molar-refractivity contribution >= 4 is 10.8 Å². The van der Waals surface area contributed by atoms with Crippen molar-refractivity contribution in [2.24, 2.45) is 0 Å². The summed E-state index contributed by atoms with van der Waals surface area (Å²) in [5.74, 6) is 0. The molecule has 0 saturated heterocycles. The zero-order chi connectivity index (χ0) is 16.3. The predicted octanol–water partition coefficient (Wildman–Crippen LogP) is 4.53. The summed E-state index contributed by atoms with van der Waals surface area (Å²) in [7, 11) is 0. The molecule has 2 heteroatoms. The maximum absolute atomic E-state index is 9.82. The molecule has 118 valence electrons. The van der Waals surface area contributed by atoms with Gasteiger partial charge in [-0.15, -0.1) is 0 Å². The summed E-state index contributed by atoms with van der Waals surface area (Å²) < 4.78 is 0. The Morgan fingerprint density at radius 2 is 1.61 bits per heavy atom. The molecule has 23 heavy (non-hydrogen) atoms. The molecule has 0 saturated carbocycles. The van der Waals surface area contributed by atoms with Crippen LogP contribution in [0.4, 0.5) is 0 Å². The Balaban J connectivity index is 1.75. The van der Waals surface area contributed by atoms with Crippen molar-refractivity contribution in [1.82, 2.24) is 4.98 Å². The molecule has 2 aromatic carbocycles. The topological polar surface area (TPSA) is 33.1 Å². The van der Waals surface area contributed by atoms with E-state index in [2.05, 4.69) is 59.6 Å². The number of aryl methyl sites for hydroxylation is 1. The molecule has 0 aliphatic carbocycles. The molecule has 0 unspecified atom stereocenters. The van der Waals surface area contributed by atoms with Gasteiger partial charge in [0, 0.05) is 18.0 Å². The first kappa shape index (κ1) is 15.7. The molecule has 1 N–H and O–H groups in total. The van der Waals surface area contributed by atoms with Crippen LogP contribution in [0, 0.1) is 0 Å². The second-order valence-electron chi connectivity index (χ2n) is 6.78. The lowest BCUT2D eigenvalue weighted by atomic mass is 9.97. The molecule has 0 aliphatic heterocycles. The Morgan fingerprint density at radius 1 is 0.913 bits per heavy atom. The molecule has 0 spiro atoms. The Kier molecular flexibility index (Phi) is 4.44. The number of nitrogens with zero attached hydrogens (tertiary/aromatic N) is 1. The Labute approximate surface area is 137 Å². The first-order valence-electron chi connectivity index (χ1n) is 8.14. The summed E-state index contributed by atoms with van der Waals surface area (Å²) >= 11 is 0. The number of aliphatic hydroxyl groups is 1. The summed E-state index contributed by atoms with van der Waals surface area (Å²) in [5, 5.41) is 12.3. The van der Waals surface area contributed by atoms with E-state index in [-0.39, 0.29) is 0 Å². The highest BCUT2D eigenvalue weighted by molar-refractivity contribution is 5.84. The van der Waals surface area contributed by atoms with Crippen LogP contribution >= 0.6 is 0 Å². The quantitative estimate of drug-likeness (QED) is 0.751. The second-order valence-corrected chi connectivity index (χ2v) is 6.78. The molecule has 0 atom stereocenters. The minimum Gasteiger partial charge on any atom is -0.390 e. The fraction of sp³-hybridized carbons (Fsp3) is 0.286. The van der Waals surface area contributed by atoms with Gasteiger partial charge in [0.2, 0.25) is 0 Å². The number of pyridine rings is 1. The molecule has 1 aromatic heterocycles. The van der Waals surface area contributed by atoms with Crippen LogP contribution < -0.4 is 0 Å². The van der Waals surface area contributed by atoms with Crippen molar-refractivity contribution in [2.75, 3.05) is 0 Å². The monoisotopic (exact) mass is 305 g/mol. The number of rotatable bonds is 5. The average Bonchev–Trinajstić information content (AvgIpc) is 2.54. The molecule has 0 radical (unpaired) electrons. The van der Waals surface area contributed by atoms with E-state index >= 15 is 0 Å². The lowest BCUT2D eigenvalue weighted by Crippen LogP contribution is -2.19. The summed E-state index contributed by atoms with van der Waals surface area (Å²) in [5.41, 5.74) is 3.04. The van der Waals surface area contributed by atoms with Gasteiger partial charge in [0.25, 0.3) is 0 Å². The standard InChI is InChI=1S/C21H23NO/c1-21(2,23)13-11-16-7-9-17(10-8-16)15-20-19-6-4-3-5-18(19)12-14-22-20/h3-10,12,14,23H,11,13,15H2,1-2H3. The molecule has 0 amide bonds. The highest BCUT2D eigenvalue weighted by Gasteiger charge is 2.12. The maximum atomic E-state index is 9.82. The van der Waals surface area contributed by atoms with Crippen LogP contribution in [-0.2, 0) is 12.8 Å². The van der Waals surface area contributed by atoms with E-state index in [1.807, 2.05) is 20.0 Å². The van der Waals surface area contributed by atoms with Gasteiger partial charge in [0.15, 0.2) is 0 Å². The Bertz CT molecular complexity index is 780. The van der Waals surface area contributed by atoms with Gasteiger partial charge in [-0.1, -0.05) is 48.5 Å². The van der Waals surface area contributed by atoms with Gasteiger partial charge in [-0.05, 0) is 49.3 Å². The molecule has 0 aliphatic rings. The van der Waals surface area contributed by atoms with Crippen LogP contribution in [0.3, 0.4) is 0 Å².